The van der Waals surface area contributed by atoms with Crippen molar-refractivity contribution in [1.82, 2.24) is 9.97 Å². The fraction of sp³-hybridized carbons (Fsp3) is 0.222. The van der Waals surface area contributed by atoms with Crippen LogP contribution in [0.4, 0.5) is 0 Å². The van der Waals surface area contributed by atoms with E-state index in [-0.39, 0.29) is 11.7 Å². The minimum Gasteiger partial charge on any atom is -0.369 e. The number of carbonyl (C=O) groups excluding carboxylic acids is 1. The van der Waals surface area contributed by atoms with Crippen LogP contribution in [0.15, 0.2) is 16.7 Å². The van der Waals surface area contributed by atoms with Crippen LogP contribution in [0.3, 0.4) is 0 Å². The largest absolute Gasteiger partial charge is 0.369 e. The lowest BCUT2D eigenvalue weighted by Crippen LogP contribution is -2.13. The highest BCUT2D eigenvalue weighted by atomic mass is 32.2. The van der Waals surface area contributed by atoms with Gasteiger partial charge in [-0.25, -0.2) is 9.97 Å². The summed E-state index contributed by atoms with van der Waals surface area (Å²) in [5, 5.41) is 2.87. The fourth-order valence-corrected chi connectivity index (χ4v) is 3.02. The molecule has 78 valence electrons. The van der Waals surface area contributed by atoms with E-state index in [1.165, 1.54) is 18.1 Å². The van der Waals surface area contributed by atoms with Crippen LogP contribution in [-0.2, 0) is 4.79 Å². The summed E-state index contributed by atoms with van der Waals surface area (Å²) in [6.07, 6.45) is 1.52. The Balaban J connectivity index is 2.38. The van der Waals surface area contributed by atoms with Gasteiger partial charge in [-0.2, -0.15) is 0 Å². The van der Waals surface area contributed by atoms with Gasteiger partial charge in [0, 0.05) is 0 Å². The summed E-state index contributed by atoms with van der Waals surface area (Å²) in [6.45, 7) is 2.01. The summed E-state index contributed by atoms with van der Waals surface area (Å²) >= 11 is 2.95. The molecule has 2 N–H and O–H groups in total. The van der Waals surface area contributed by atoms with Gasteiger partial charge in [-0.1, -0.05) is 11.8 Å². The second-order valence-corrected chi connectivity index (χ2v) is 4.87. The second-order valence-electron chi connectivity index (χ2n) is 3.03. The summed E-state index contributed by atoms with van der Waals surface area (Å²) in [7, 11) is 0. The fourth-order valence-electron chi connectivity index (χ4n) is 1.19. The van der Waals surface area contributed by atoms with Gasteiger partial charge in [0.1, 0.15) is 11.4 Å². The molecular formula is C9H9N3OS2. The van der Waals surface area contributed by atoms with Crippen molar-refractivity contribution in [3.05, 3.63) is 17.3 Å². The van der Waals surface area contributed by atoms with Crippen molar-refractivity contribution in [2.75, 3.05) is 5.75 Å². The van der Waals surface area contributed by atoms with Gasteiger partial charge in [-0.15, -0.1) is 11.3 Å². The first-order valence-corrected chi connectivity index (χ1v) is 6.15. The van der Waals surface area contributed by atoms with E-state index >= 15 is 0 Å². The average molecular weight is 239 g/mol. The van der Waals surface area contributed by atoms with Crippen LogP contribution < -0.4 is 5.73 Å². The monoisotopic (exact) mass is 239 g/mol. The number of fused-ring (bicyclic) bond motifs is 1. The number of hydrogen-bond donors (Lipinski definition) is 1. The molecule has 0 unspecified atom stereocenters. The maximum Gasteiger partial charge on any atom is 0.227 e. The number of amides is 1. The third-order valence-electron chi connectivity index (χ3n) is 1.85. The second kappa shape index (κ2) is 4.16. The standard InChI is InChI=1S/C9H9N3OS2/c1-5-2-14-8-7(5)11-4-12-9(8)15-3-6(10)13/h2,4H,3H2,1H3,(H2,10,13). The predicted molar refractivity (Wildman–Crippen MR) is 62.1 cm³/mol. The molecule has 0 aliphatic carbocycles. The molecule has 2 heterocycles. The van der Waals surface area contributed by atoms with E-state index < -0.39 is 0 Å². The van der Waals surface area contributed by atoms with Crippen molar-refractivity contribution in [2.24, 2.45) is 5.73 Å². The summed E-state index contributed by atoms with van der Waals surface area (Å²) in [5.41, 5.74) is 7.19. The number of hydrogen-bond acceptors (Lipinski definition) is 5. The maximum absolute atomic E-state index is 10.7. The van der Waals surface area contributed by atoms with Gasteiger partial charge in [-0.05, 0) is 17.9 Å². The molecule has 4 nitrogen and oxygen atoms in total. The average Bonchev–Trinajstić information content (AvgIpc) is 2.58. The molecule has 0 aliphatic rings. The molecule has 0 aliphatic heterocycles. The molecule has 6 heteroatoms. The number of rotatable bonds is 3. The Morgan fingerprint density at radius 3 is 3.13 bits per heavy atom. The number of thiophene rings is 1. The number of aromatic nitrogens is 2. The molecule has 15 heavy (non-hydrogen) atoms. The SMILES string of the molecule is Cc1csc2c(SCC(N)=O)ncnc12. The molecule has 0 saturated heterocycles. The van der Waals surface area contributed by atoms with E-state index in [4.69, 9.17) is 5.73 Å². The van der Waals surface area contributed by atoms with E-state index in [9.17, 15) is 4.79 Å². The predicted octanol–water partition coefficient (Wildman–Crippen LogP) is 1.58. The Labute approximate surface area is 94.9 Å². The molecular weight excluding hydrogens is 230 g/mol. The maximum atomic E-state index is 10.7. The van der Waals surface area contributed by atoms with E-state index in [2.05, 4.69) is 9.97 Å². The van der Waals surface area contributed by atoms with E-state index in [1.807, 2.05) is 12.3 Å². The van der Waals surface area contributed by atoms with Gasteiger partial charge >= 0.3 is 0 Å². The first-order chi connectivity index (χ1) is 7.18. The summed E-state index contributed by atoms with van der Waals surface area (Å²) in [5.74, 6) is -0.0803. The molecule has 0 fully saturated rings. The molecule has 0 atom stereocenters. The highest BCUT2D eigenvalue weighted by molar-refractivity contribution is 8.00. The summed E-state index contributed by atoms with van der Waals surface area (Å²) < 4.78 is 1.03. The van der Waals surface area contributed by atoms with Gasteiger partial charge in [0.2, 0.25) is 5.91 Å². The van der Waals surface area contributed by atoms with Crippen molar-refractivity contribution >= 4 is 39.2 Å². The smallest absolute Gasteiger partial charge is 0.227 e. The molecule has 0 radical (unpaired) electrons. The third kappa shape index (κ3) is 2.10. The quantitative estimate of drug-likeness (QED) is 0.652. The molecule has 2 aromatic rings. The molecule has 0 bridgehead atoms. The number of nitrogens with zero attached hydrogens (tertiary/aromatic N) is 2. The van der Waals surface area contributed by atoms with Gasteiger partial charge in [-0.3, -0.25) is 4.79 Å². The van der Waals surface area contributed by atoms with Gasteiger partial charge in [0.25, 0.3) is 0 Å². The molecule has 0 aromatic carbocycles. The Kier molecular flexibility index (Phi) is 2.88. The lowest BCUT2D eigenvalue weighted by Gasteiger charge is -1.98. The third-order valence-corrected chi connectivity index (χ3v) is 4.08. The van der Waals surface area contributed by atoms with Crippen molar-refractivity contribution in [3.8, 4) is 0 Å². The number of carbonyl (C=O) groups is 1. The Morgan fingerprint density at radius 1 is 1.60 bits per heavy atom. The first kappa shape index (κ1) is 10.4. The number of aryl methyl sites for hydroxylation is 1. The topological polar surface area (TPSA) is 68.9 Å². The van der Waals surface area contributed by atoms with Crippen LogP contribution >= 0.6 is 23.1 Å². The van der Waals surface area contributed by atoms with Gasteiger partial charge < -0.3 is 5.73 Å². The normalized spacial score (nSPS) is 10.7. The van der Waals surface area contributed by atoms with Crippen LogP contribution in [0.25, 0.3) is 10.2 Å². The Morgan fingerprint density at radius 2 is 2.40 bits per heavy atom. The summed E-state index contributed by atoms with van der Waals surface area (Å²) in [6, 6.07) is 0. The van der Waals surface area contributed by atoms with Crippen LogP contribution in [0.2, 0.25) is 0 Å². The van der Waals surface area contributed by atoms with Gasteiger partial charge in [0.05, 0.1) is 16.0 Å². The van der Waals surface area contributed by atoms with Crippen molar-refractivity contribution in [1.29, 1.82) is 0 Å². The Bertz CT molecular complexity index is 509. The highest BCUT2D eigenvalue weighted by Gasteiger charge is 2.09. The lowest BCUT2D eigenvalue weighted by atomic mass is 10.3. The van der Waals surface area contributed by atoms with Crippen LogP contribution in [-0.4, -0.2) is 21.6 Å². The first-order valence-electron chi connectivity index (χ1n) is 4.28. The van der Waals surface area contributed by atoms with Crippen molar-refractivity contribution in [3.63, 3.8) is 0 Å². The zero-order valence-corrected chi connectivity index (χ0v) is 9.69. The minimum absolute atomic E-state index is 0.253. The summed E-state index contributed by atoms with van der Waals surface area (Å²) in [4.78, 5) is 19.0. The van der Waals surface area contributed by atoms with E-state index in [0.717, 1.165) is 20.8 Å². The molecule has 1 amide bonds. The van der Waals surface area contributed by atoms with E-state index in [0.29, 0.717) is 0 Å². The lowest BCUT2D eigenvalue weighted by molar-refractivity contribution is -0.115. The number of nitrogens with two attached hydrogens (primary N) is 1. The van der Waals surface area contributed by atoms with E-state index in [1.54, 1.807) is 11.3 Å². The highest BCUT2D eigenvalue weighted by Crippen LogP contribution is 2.30. The minimum atomic E-state index is -0.333. The van der Waals surface area contributed by atoms with Crippen molar-refractivity contribution < 1.29 is 4.79 Å². The zero-order chi connectivity index (χ0) is 10.8. The molecule has 2 rings (SSSR count). The molecule has 0 saturated carbocycles. The van der Waals surface area contributed by atoms with Crippen LogP contribution in [0.5, 0.6) is 0 Å². The zero-order valence-electron chi connectivity index (χ0n) is 8.06. The number of thioether (sulfide) groups is 1. The van der Waals surface area contributed by atoms with Crippen molar-refractivity contribution in [2.45, 2.75) is 11.9 Å². The van der Waals surface area contributed by atoms with Crippen LogP contribution in [0.1, 0.15) is 5.56 Å². The van der Waals surface area contributed by atoms with Gasteiger partial charge in [0.15, 0.2) is 0 Å². The Hall–Kier alpha value is -1.14. The number of primary amides is 1. The molecule has 0 spiro atoms. The molecule has 2 aromatic heterocycles. The van der Waals surface area contributed by atoms with Crippen LogP contribution in [0, 0.1) is 6.92 Å².